The SMILES string of the molecule is c1ccc(CN2CCOCC23CCNC3)cc1. The zero-order chi connectivity index (χ0) is 11.6. The number of benzene rings is 1. The van der Waals surface area contributed by atoms with E-state index in [0.717, 1.165) is 39.4 Å². The van der Waals surface area contributed by atoms with Gasteiger partial charge in [0.15, 0.2) is 0 Å². The second-order valence-corrected chi connectivity index (χ2v) is 5.11. The van der Waals surface area contributed by atoms with Gasteiger partial charge in [-0.15, -0.1) is 0 Å². The molecule has 3 heteroatoms. The minimum atomic E-state index is 0.244. The molecular formula is C14H20N2O. The summed E-state index contributed by atoms with van der Waals surface area (Å²) in [5.41, 5.74) is 1.65. The molecule has 0 amide bonds. The highest BCUT2D eigenvalue weighted by atomic mass is 16.5. The fraction of sp³-hybridized carbons (Fsp3) is 0.571. The van der Waals surface area contributed by atoms with Gasteiger partial charge >= 0.3 is 0 Å². The van der Waals surface area contributed by atoms with Crippen LogP contribution < -0.4 is 5.32 Å². The first-order valence-electron chi connectivity index (χ1n) is 6.47. The molecule has 92 valence electrons. The van der Waals surface area contributed by atoms with Crippen LogP contribution >= 0.6 is 0 Å². The van der Waals surface area contributed by atoms with Gasteiger partial charge in [-0.1, -0.05) is 30.3 Å². The molecule has 1 unspecified atom stereocenters. The lowest BCUT2D eigenvalue weighted by Crippen LogP contribution is -2.57. The van der Waals surface area contributed by atoms with Crippen molar-refractivity contribution < 1.29 is 4.74 Å². The van der Waals surface area contributed by atoms with Gasteiger partial charge in [0.05, 0.1) is 18.8 Å². The third-order valence-electron chi connectivity index (χ3n) is 3.98. The van der Waals surface area contributed by atoms with Crippen molar-refractivity contribution >= 4 is 0 Å². The van der Waals surface area contributed by atoms with Crippen LogP contribution in [0.3, 0.4) is 0 Å². The van der Waals surface area contributed by atoms with Crippen molar-refractivity contribution in [2.75, 3.05) is 32.8 Å². The molecule has 2 saturated heterocycles. The van der Waals surface area contributed by atoms with Gasteiger partial charge in [-0.25, -0.2) is 0 Å². The van der Waals surface area contributed by atoms with Crippen LogP contribution in [0.5, 0.6) is 0 Å². The Morgan fingerprint density at radius 2 is 2.18 bits per heavy atom. The Kier molecular flexibility index (Phi) is 3.14. The first-order chi connectivity index (χ1) is 8.39. The third-order valence-corrected chi connectivity index (χ3v) is 3.98. The Balaban J connectivity index is 1.76. The maximum Gasteiger partial charge on any atom is 0.0664 e. The smallest absolute Gasteiger partial charge is 0.0664 e. The summed E-state index contributed by atoms with van der Waals surface area (Å²) in [4.78, 5) is 2.60. The van der Waals surface area contributed by atoms with E-state index in [1.807, 2.05) is 0 Å². The van der Waals surface area contributed by atoms with Gasteiger partial charge in [0.2, 0.25) is 0 Å². The lowest BCUT2D eigenvalue weighted by Gasteiger charge is -2.44. The highest BCUT2D eigenvalue weighted by Crippen LogP contribution is 2.28. The predicted octanol–water partition coefficient (Wildman–Crippen LogP) is 1.25. The van der Waals surface area contributed by atoms with E-state index in [2.05, 4.69) is 40.5 Å². The Hall–Kier alpha value is -0.900. The Bertz CT molecular complexity index is 360. The van der Waals surface area contributed by atoms with Crippen molar-refractivity contribution in [3.8, 4) is 0 Å². The molecule has 1 spiro atoms. The van der Waals surface area contributed by atoms with Crippen LogP contribution in [0.4, 0.5) is 0 Å². The summed E-state index contributed by atoms with van der Waals surface area (Å²) in [6.07, 6.45) is 1.21. The first-order valence-corrected chi connectivity index (χ1v) is 6.47. The lowest BCUT2D eigenvalue weighted by molar-refractivity contribution is -0.0636. The van der Waals surface area contributed by atoms with Crippen LogP contribution in [-0.4, -0.2) is 43.3 Å². The van der Waals surface area contributed by atoms with Crippen molar-refractivity contribution in [3.63, 3.8) is 0 Å². The van der Waals surface area contributed by atoms with Crippen molar-refractivity contribution in [1.82, 2.24) is 10.2 Å². The molecule has 0 bridgehead atoms. The molecule has 17 heavy (non-hydrogen) atoms. The van der Waals surface area contributed by atoms with Crippen molar-refractivity contribution in [3.05, 3.63) is 35.9 Å². The minimum Gasteiger partial charge on any atom is -0.378 e. The maximum atomic E-state index is 5.69. The summed E-state index contributed by atoms with van der Waals surface area (Å²) in [5.74, 6) is 0. The molecule has 2 heterocycles. The van der Waals surface area contributed by atoms with Crippen molar-refractivity contribution in [1.29, 1.82) is 0 Å². The Morgan fingerprint density at radius 3 is 2.94 bits per heavy atom. The summed E-state index contributed by atoms with van der Waals surface area (Å²) >= 11 is 0. The van der Waals surface area contributed by atoms with Crippen LogP contribution in [0.15, 0.2) is 30.3 Å². The fourth-order valence-electron chi connectivity index (χ4n) is 2.94. The highest BCUT2D eigenvalue weighted by Gasteiger charge is 2.41. The molecule has 0 saturated carbocycles. The second kappa shape index (κ2) is 4.77. The number of ether oxygens (including phenoxy) is 1. The average molecular weight is 232 g/mol. The molecule has 0 aromatic heterocycles. The summed E-state index contributed by atoms with van der Waals surface area (Å²) in [7, 11) is 0. The van der Waals surface area contributed by atoms with E-state index >= 15 is 0 Å². The van der Waals surface area contributed by atoms with Gasteiger partial charge in [-0.05, 0) is 18.5 Å². The Morgan fingerprint density at radius 1 is 1.29 bits per heavy atom. The zero-order valence-corrected chi connectivity index (χ0v) is 10.2. The lowest BCUT2D eigenvalue weighted by atomic mass is 9.95. The molecule has 1 aromatic carbocycles. The van der Waals surface area contributed by atoms with Gasteiger partial charge in [0, 0.05) is 19.6 Å². The topological polar surface area (TPSA) is 24.5 Å². The van der Waals surface area contributed by atoms with Crippen LogP contribution in [0.2, 0.25) is 0 Å². The Labute approximate surface area is 103 Å². The van der Waals surface area contributed by atoms with Gasteiger partial charge in [0.25, 0.3) is 0 Å². The van der Waals surface area contributed by atoms with Gasteiger partial charge in [-0.2, -0.15) is 0 Å². The molecule has 2 aliphatic rings. The molecule has 3 rings (SSSR count). The molecule has 1 aromatic rings. The first kappa shape index (κ1) is 11.2. The monoisotopic (exact) mass is 232 g/mol. The molecule has 0 aliphatic carbocycles. The fourth-order valence-corrected chi connectivity index (χ4v) is 2.94. The van der Waals surface area contributed by atoms with Crippen molar-refractivity contribution in [2.45, 2.75) is 18.5 Å². The zero-order valence-electron chi connectivity index (χ0n) is 10.2. The van der Waals surface area contributed by atoms with E-state index in [9.17, 15) is 0 Å². The summed E-state index contributed by atoms with van der Waals surface area (Å²) < 4.78 is 5.69. The second-order valence-electron chi connectivity index (χ2n) is 5.11. The molecule has 0 radical (unpaired) electrons. The summed E-state index contributed by atoms with van der Waals surface area (Å²) in [6.45, 7) is 6.04. The molecule has 2 fully saturated rings. The highest BCUT2D eigenvalue weighted by molar-refractivity contribution is 5.15. The average Bonchev–Trinajstić information content (AvgIpc) is 2.83. The van der Waals surface area contributed by atoms with E-state index in [-0.39, 0.29) is 5.54 Å². The van der Waals surface area contributed by atoms with E-state index in [1.54, 1.807) is 0 Å². The minimum absolute atomic E-state index is 0.244. The third kappa shape index (κ3) is 2.23. The number of hydrogen-bond acceptors (Lipinski definition) is 3. The quantitative estimate of drug-likeness (QED) is 0.830. The van der Waals surface area contributed by atoms with Crippen LogP contribution in [0.25, 0.3) is 0 Å². The number of rotatable bonds is 2. The van der Waals surface area contributed by atoms with E-state index in [1.165, 1.54) is 12.0 Å². The number of morpholine rings is 1. The summed E-state index contributed by atoms with van der Waals surface area (Å²) in [5, 5.41) is 3.48. The number of nitrogens with zero attached hydrogens (tertiary/aromatic N) is 1. The molecule has 1 N–H and O–H groups in total. The van der Waals surface area contributed by atoms with Gasteiger partial charge in [0.1, 0.15) is 0 Å². The molecule has 3 nitrogen and oxygen atoms in total. The van der Waals surface area contributed by atoms with Crippen LogP contribution in [-0.2, 0) is 11.3 Å². The predicted molar refractivity (Wildman–Crippen MR) is 67.9 cm³/mol. The standard InChI is InChI=1S/C14H20N2O/c1-2-4-13(5-3-1)10-16-8-9-17-12-14(16)6-7-15-11-14/h1-5,15H,6-12H2. The van der Waals surface area contributed by atoms with Gasteiger partial charge in [-0.3, -0.25) is 4.90 Å². The number of hydrogen-bond donors (Lipinski definition) is 1. The van der Waals surface area contributed by atoms with Crippen LogP contribution in [0.1, 0.15) is 12.0 Å². The van der Waals surface area contributed by atoms with Crippen molar-refractivity contribution in [2.24, 2.45) is 0 Å². The number of nitrogens with one attached hydrogen (secondary N) is 1. The van der Waals surface area contributed by atoms with Crippen LogP contribution in [0, 0.1) is 0 Å². The summed E-state index contributed by atoms with van der Waals surface area (Å²) in [6, 6.07) is 10.7. The molecular weight excluding hydrogens is 212 g/mol. The van der Waals surface area contributed by atoms with Gasteiger partial charge < -0.3 is 10.1 Å². The van der Waals surface area contributed by atoms with E-state index < -0.39 is 0 Å². The largest absolute Gasteiger partial charge is 0.378 e. The van der Waals surface area contributed by atoms with E-state index in [4.69, 9.17) is 4.74 Å². The maximum absolute atomic E-state index is 5.69. The molecule has 2 aliphatic heterocycles. The molecule has 1 atom stereocenters. The normalized spacial score (nSPS) is 29.9. The van der Waals surface area contributed by atoms with E-state index in [0.29, 0.717) is 0 Å².